The van der Waals surface area contributed by atoms with Gasteiger partial charge in [-0.2, -0.15) is 0 Å². The minimum atomic E-state index is 0.0564. The Hall–Kier alpha value is -1.48. The van der Waals surface area contributed by atoms with Crippen LogP contribution in [0.2, 0.25) is 0 Å². The number of carbonyl (C=O) groups excluding carboxylic acids is 1. The van der Waals surface area contributed by atoms with Crippen LogP contribution in [0, 0.1) is 0 Å². The van der Waals surface area contributed by atoms with Crippen LogP contribution in [0.15, 0.2) is 29.6 Å². The minimum Gasteiger partial charge on any atom is -0.299 e. The molecule has 2 nitrogen and oxygen atoms in total. The minimum absolute atomic E-state index is 0.0564. The number of thiazole rings is 1. The second-order valence-electron chi connectivity index (χ2n) is 6.48. The smallest absolute Gasteiger partial charge is 0.147 e. The predicted molar refractivity (Wildman–Crippen MR) is 82.4 cm³/mol. The number of rotatable bonds is 3. The standard InChI is InChI=1S/C17H19NOS/c1-17(2,3)15-10-20-16(18-15)9-14(19)13-8-11-6-4-5-7-12(11)13/h4-7,10,13H,8-9H2,1-3H3. The SMILES string of the molecule is CC(C)(C)c1csc(CC(=O)C2Cc3ccccc32)n1. The van der Waals surface area contributed by atoms with Gasteiger partial charge >= 0.3 is 0 Å². The van der Waals surface area contributed by atoms with Crippen LogP contribution in [0.4, 0.5) is 0 Å². The number of ketones is 1. The van der Waals surface area contributed by atoms with Crippen molar-refractivity contribution in [3.63, 3.8) is 0 Å². The van der Waals surface area contributed by atoms with Crippen molar-refractivity contribution < 1.29 is 4.79 Å². The van der Waals surface area contributed by atoms with Crippen LogP contribution in [-0.2, 0) is 23.1 Å². The lowest BCUT2D eigenvalue weighted by atomic mass is 9.74. The van der Waals surface area contributed by atoms with E-state index in [1.54, 1.807) is 11.3 Å². The number of carbonyl (C=O) groups is 1. The molecule has 0 spiro atoms. The Kier molecular flexibility index (Phi) is 3.25. The van der Waals surface area contributed by atoms with Crippen molar-refractivity contribution in [1.29, 1.82) is 0 Å². The van der Waals surface area contributed by atoms with Gasteiger partial charge in [-0.05, 0) is 17.5 Å². The Labute approximate surface area is 123 Å². The van der Waals surface area contributed by atoms with E-state index in [1.165, 1.54) is 11.1 Å². The molecule has 104 valence electrons. The molecule has 1 aromatic carbocycles. The highest BCUT2D eigenvalue weighted by molar-refractivity contribution is 7.09. The number of nitrogens with zero attached hydrogens (tertiary/aromatic N) is 1. The van der Waals surface area contributed by atoms with Gasteiger partial charge in [-0.1, -0.05) is 45.0 Å². The molecule has 0 radical (unpaired) electrons. The molecule has 0 saturated carbocycles. The fourth-order valence-corrected chi connectivity index (χ4v) is 3.59. The van der Waals surface area contributed by atoms with Crippen molar-refractivity contribution in [3.05, 3.63) is 51.5 Å². The lowest BCUT2D eigenvalue weighted by molar-refractivity contribution is -0.120. The number of hydrogen-bond donors (Lipinski definition) is 0. The van der Waals surface area contributed by atoms with E-state index in [9.17, 15) is 4.79 Å². The highest BCUT2D eigenvalue weighted by Gasteiger charge is 2.32. The monoisotopic (exact) mass is 285 g/mol. The lowest BCUT2D eigenvalue weighted by Gasteiger charge is -2.28. The van der Waals surface area contributed by atoms with Gasteiger partial charge < -0.3 is 0 Å². The molecule has 0 fully saturated rings. The molecule has 1 aromatic heterocycles. The van der Waals surface area contributed by atoms with Crippen molar-refractivity contribution in [2.75, 3.05) is 0 Å². The van der Waals surface area contributed by atoms with Crippen molar-refractivity contribution in [3.8, 4) is 0 Å². The summed E-state index contributed by atoms with van der Waals surface area (Å²) in [7, 11) is 0. The molecular weight excluding hydrogens is 266 g/mol. The van der Waals surface area contributed by atoms with E-state index in [0.29, 0.717) is 12.2 Å². The van der Waals surface area contributed by atoms with Gasteiger partial charge in [0.1, 0.15) is 10.8 Å². The van der Waals surface area contributed by atoms with E-state index < -0.39 is 0 Å². The highest BCUT2D eigenvalue weighted by atomic mass is 32.1. The molecule has 20 heavy (non-hydrogen) atoms. The van der Waals surface area contributed by atoms with Crippen molar-refractivity contribution in [2.24, 2.45) is 0 Å². The first-order valence-corrected chi connectivity index (χ1v) is 7.88. The van der Waals surface area contributed by atoms with E-state index in [-0.39, 0.29) is 11.3 Å². The first-order chi connectivity index (χ1) is 9.45. The van der Waals surface area contributed by atoms with Gasteiger partial charge in [-0.25, -0.2) is 4.98 Å². The lowest BCUT2D eigenvalue weighted by Crippen LogP contribution is -2.26. The third-order valence-corrected chi connectivity index (χ3v) is 4.74. The van der Waals surface area contributed by atoms with Crippen LogP contribution >= 0.6 is 11.3 Å². The fourth-order valence-electron chi connectivity index (χ4n) is 2.55. The zero-order chi connectivity index (χ0) is 14.3. The Bertz CT molecular complexity index is 651. The third-order valence-electron chi connectivity index (χ3n) is 3.89. The Morgan fingerprint density at radius 3 is 2.75 bits per heavy atom. The molecule has 1 aliphatic rings. The molecule has 3 rings (SSSR count). The van der Waals surface area contributed by atoms with E-state index in [0.717, 1.165) is 17.1 Å². The summed E-state index contributed by atoms with van der Waals surface area (Å²) in [6, 6.07) is 8.24. The summed E-state index contributed by atoms with van der Waals surface area (Å²) in [6.07, 6.45) is 1.37. The second-order valence-corrected chi connectivity index (χ2v) is 7.42. The molecular formula is C17H19NOS. The van der Waals surface area contributed by atoms with E-state index in [1.807, 2.05) is 12.1 Å². The average molecular weight is 285 g/mol. The Balaban J connectivity index is 1.71. The summed E-state index contributed by atoms with van der Waals surface area (Å²) >= 11 is 1.61. The van der Waals surface area contributed by atoms with Gasteiger partial charge in [-0.15, -0.1) is 11.3 Å². The molecule has 0 amide bonds. The number of fused-ring (bicyclic) bond motifs is 1. The normalized spacial score (nSPS) is 17.4. The van der Waals surface area contributed by atoms with Crippen molar-refractivity contribution >= 4 is 17.1 Å². The van der Waals surface area contributed by atoms with Crippen LogP contribution in [0.25, 0.3) is 0 Å². The molecule has 0 aliphatic heterocycles. The van der Waals surface area contributed by atoms with Crippen LogP contribution < -0.4 is 0 Å². The Morgan fingerprint density at radius 2 is 2.10 bits per heavy atom. The van der Waals surface area contributed by atoms with Gasteiger partial charge in [0.2, 0.25) is 0 Å². The molecule has 2 aromatic rings. The summed E-state index contributed by atoms with van der Waals surface area (Å²) in [6.45, 7) is 6.45. The third kappa shape index (κ3) is 2.42. The van der Waals surface area contributed by atoms with Gasteiger partial charge in [0, 0.05) is 16.7 Å². The molecule has 1 unspecified atom stereocenters. The summed E-state index contributed by atoms with van der Waals surface area (Å²) in [5, 5.41) is 3.03. The maximum Gasteiger partial charge on any atom is 0.147 e. The van der Waals surface area contributed by atoms with E-state index >= 15 is 0 Å². The molecule has 0 N–H and O–H groups in total. The van der Waals surface area contributed by atoms with Gasteiger partial charge in [-0.3, -0.25) is 4.79 Å². The van der Waals surface area contributed by atoms with Gasteiger partial charge in [0.05, 0.1) is 12.1 Å². The first-order valence-electron chi connectivity index (χ1n) is 7.00. The second kappa shape index (κ2) is 4.81. The van der Waals surface area contributed by atoms with Crippen molar-refractivity contribution in [2.45, 2.75) is 44.9 Å². The number of hydrogen-bond acceptors (Lipinski definition) is 3. The fraction of sp³-hybridized carbons (Fsp3) is 0.412. The Morgan fingerprint density at radius 1 is 1.35 bits per heavy atom. The number of aromatic nitrogens is 1. The van der Waals surface area contributed by atoms with Crippen LogP contribution in [-0.4, -0.2) is 10.8 Å². The largest absolute Gasteiger partial charge is 0.299 e. The van der Waals surface area contributed by atoms with Crippen LogP contribution in [0.1, 0.15) is 48.5 Å². The van der Waals surface area contributed by atoms with Crippen LogP contribution in [0.5, 0.6) is 0 Å². The quantitative estimate of drug-likeness (QED) is 0.856. The van der Waals surface area contributed by atoms with E-state index in [2.05, 4.69) is 43.3 Å². The maximum atomic E-state index is 12.4. The van der Waals surface area contributed by atoms with Crippen LogP contribution in [0.3, 0.4) is 0 Å². The summed E-state index contributed by atoms with van der Waals surface area (Å²) < 4.78 is 0. The zero-order valence-electron chi connectivity index (χ0n) is 12.1. The molecule has 1 atom stereocenters. The summed E-state index contributed by atoms with van der Waals surface area (Å²) in [5.74, 6) is 0.395. The predicted octanol–water partition coefficient (Wildman–Crippen LogP) is 3.89. The van der Waals surface area contributed by atoms with Gasteiger partial charge in [0.15, 0.2) is 0 Å². The molecule has 1 heterocycles. The average Bonchev–Trinajstić information content (AvgIpc) is 2.79. The van der Waals surface area contributed by atoms with Gasteiger partial charge in [0.25, 0.3) is 0 Å². The molecule has 1 aliphatic carbocycles. The first kappa shape index (κ1) is 13.5. The molecule has 3 heteroatoms. The number of Topliss-reactive ketones (excluding diaryl/α,β-unsaturated/α-hetero) is 1. The molecule has 0 bridgehead atoms. The number of benzene rings is 1. The maximum absolute atomic E-state index is 12.4. The summed E-state index contributed by atoms with van der Waals surface area (Å²) in [4.78, 5) is 17.0. The van der Waals surface area contributed by atoms with E-state index in [4.69, 9.17) is 0 Å². The summed E-state index contributed by atoms with van der Waals surface area (Å²) in [5.41, 5.74) is 3.67. The zero-order valence-corrected chi connectivity index (χ0v) is 13.0. The highest BCUT2D eigenvalue weighted by Crippen LogP contribution is 2.36. The van der Waals surface area contributed by atoms with Crippen molar-refractivity contribution in [1.82, 2.24) is 4.98 Å². The topological polar surface area (TPSA) is 30.0 Å². The molecule has 0 saturated heterocycles.